The van der Waals surface area contributed by atoms with Crippen molar-refractivity contribution in [3.05, 3.63) is 64.1 Å². The number of rotatable bonds is 5. The van der Waals surface area contributed by atoms with Gasteiger partial charge >= 0.3 is 0 Å². The maximum atomic E-state index is 12.2. The van der Waals surface area contributed by atoms with Crippen LogP contribution in [0.15, 0.2) is 57.9 Å². The molecule has 7 heteroatoms. The van der Waals surface area contributed by atoms with Crippen LogP contribution in [-0.2, 0) is 10.0 Å². The van der Waals surface area contributed by atoms with E-state index in [4.69, 9.17) is 9.88 Å². The van der Waals surface area contributed by atoms with Crippen molar-refractivity contribution in [2.45, 2.75) is 4.90 Å². The number of carbonyl (C=O) groups is 1. The van der Waals surface area contributed by atoms with Gasteiger partial charge in [0.25, 0.3) is 0 Å². The molecule has 2 rings (SSSR count). The molecule has 0 aliphatic heterocycles. The molecule has 2 aromatic rings. The number of sulfonamides is 1. The minimum absolute atomic E-state index is 0.0961. The molecule has 23 heavy (non-hydrogen) atoms. The van der Waals surface area contributed by atoms with E-state index < -0.39 is 10.0 Å². The summed E-state index contributed by atoms with van der Waals surface area (Å²) in [6.45, 7) is 0. The second-order valence-corrected chi connectivity index (χ2v) is 7.01. The van der Waals surface area contributed by atoms with E-state index in [0.717, 1.165) is 10.0 Å². The van der Waals surface area contributed by atoms with Crippen LogP contribution in [0.2, 0.25) is 0 Å². The number of nitrogens with two attached hydrogens (primary N) is 1. The summed E-state index contributed by atoms with van der Waals surface area (Å²) in [6.07, 6.45) is 3.02. The highest BCUT2D eigenvalue weighted by Gasteiger charge is 2.17. The Bertz CT molecular complexity index is 875. The molecule has 0 saturated carbocycles. The summed E-state index contributed by atoms with van der Waals surface area (Å²) in [5.41, 5.74) is 1.04. The van der Waals surface area contributed by atoms with Crippen LogP contribution < -0.4 is 9.88 Å². The van der Waals surface area contributed by atoms with Crippen molar-refractivity contribution < 1.29 is 17.9 Å². The fourth-order valence-corrected chi connectivity index (χ4v) is 3.06. The quantitative estimate of drug-likeness (QED) is 0.622. The third kappa shape index (κ3) is 4.28. The molecular weight excluding hydrogens is 382 g/mol. The van der Waals surface area contributed by atoms with Gasteiger partial charge in [0.15, 0.2) is 5.78 Å². The van der Waals surface area contributed by atoms with Gasteiger partial charge in [-0.15, -0.1) is 0 Å². The van der Waals surface area contributed by atoms with Crippen molar-refractivity contribution in [2.24, 2.45) is 5.14 Å². The predicted molar refractivity (Wildman–Crippen MR) is 91.9 cm³/mol. The monoisotopic (exact) mass is 395 g/mol. The fraction of sp³-hybridized carbons (Fsp3) is 0.0625. The number of ketones is 1. The predicted octanol–water partition coefficient (Wildman–Crippen LogP) is 3.00. The fourth-order valence-electron chi connectivity index (χ4n) is 1.92. The Kier molecular flexibility index (Phi) is 5.35. The third-order valence-corrected chi connectivity index (χ3v) is 4.73. The van der Waals surface area contributed by atoms with Gasteiger partial charge in [-0.2, -0.15) is 0 Å². The molecule has 0 amide bonds. The minimum Gasteiger partial charge on any atom is -0.495 e. The highest BCUT2D eigenvalue weighted by molar-refractivity contribution is 9.10. The van der Waals surface area contributed by atoms with E-state index in [1.807, 2.05) is 24.3 Å². The summed E-state index contributed by atoms with van der Waals surface area (Å²) in [5, 5.41) is 5.14. The third-order valence-electron chi connectivity index (χ3n) is 3.07. The first kappa shape index (κ1) is 17.4. The number of benzene rings is 2. The highest BCUT2D eigenvalue weighted by Crippen LogP contribution is 2.24. The SMILES string of the molecule is COc1ccc(C(=O)/C=C/c2ccccc2Br)cc1S(N)(=O)=O. The molecule has 0 heterocycles. The van der Waals surface area contributed by atoms with Gasteiger partial charge in [-0.05, 0) is 42.0 Å². The number of ether oxygens (including phenoxy) is 1. The first-order valence-corrected chi connectivity index (χ1v) is 8.84. The van der Waals surface area contributed by atoms with Crippen LogP contribution in [0.1, 0.15) is 15.9 Å². The molecule has 0 unspecified atom stereocenters. The van der Waals surface area contributed by atoms with Crippen LogP contribution in [0.3, 0.4) is 0 Å². The number of hydrogen-bond donors (Lipinski definition) is 1. The van der Waals surface area contributed by atoms with E-state index in [-0.39, 0.29) is 22.0 Å². The van der Waals surface area contributed by atoms with Crippen LogP contribution in [0.5, 0.6) is 5.75 Å². The Labute approximate surface area is 143 Å². The zero-order chi connectivity index (χ0) is 17.0. The Balaban J connectivity index is 2.35. The lowest BCUT2D eigenvalue weighted by atomic mass is 10.1. The average molecular weight is 396 g/mol. The van der Waals surface area contributed by atoms with E-state index in [1.165, 1.54) is 31.4 Å². The number of hydrogen-bond acceptors (Lipinski definition) is 4. The van der Waals surface area contributed by atoms with E-state index in [0.29, 0.717) is 0 Å². The van der Waals surface area contributed by atoms with Gasteiger partial charge in [0.05, 0.1) is 7.11 Å². The average Bonchev–Trinajstić information content (AvgIpc) is 2.52. The Morgan fingerprint density at radius 2 is 1.91 bits per heavy atom. The first-order valence-electron chi connectivity index (χ1n) is 6.50. The van der Waals surface area contributed by atoms with Gasteiger partial charge < -0.3 is 4.74 Å². The standard InChI is InChI=1S/C16H14BrNO4S/c1-22-15-9-7-12(10-16(15)23(18,20)21)14(19)8-6-11-4-2-3-5-13(11)17/h2-10H,1H3,(H2,18,20,21)/b8-6+. The van der Waals surface area contributed by atoms with E-state index in [1.54, 1.807) is 6.08 Å². The number of methoxy groups -OCH3 is 1. The van der Waals surface area contributed by atoms with Crippen molar-refractivity contribution in [3.63, 3.8) is 0 Å². The molecule has 0 aromatic heterocycles. The molecular formula is C16H14BrNO4S. The second-order valence-electron chi connectivity index (χ2n) is 4.63. The topological polar surface area (TPSA) is 86.5 Å². The Morgan fingerprint density at radius 1 is 1.22 bits per heavy atom. The maximum absolute atomic E-state index is 12.2. The molecule has 0 bridgehead atoms. The van der Waals surface area contributed by atoms with Gasteiger partial charge in [-0.25, -0.2) is 13.6 Å². The molecule has 5 nitrogen and oxygen atoms in total. The van der Waals surface area contributed by atoms with E-state index in [2.05, 4.69) is 15.9 Å². The van der Waals surface area contributed by atoms with Crippen LogP contribution in [0.25, 0.3) is 6.08 Å². The van der Waals surface area contributed by atoms with E-state index >= 15 is 0 Å². The zero-order valence-electron chi connectivity index (χ0n) is 12.2. The van der Waals surface area contributed by atoms with Crippen molar-refractivity contribution in [1.29, 1.82) is 0 Å². The van der Waals surface area contributed by atoms with E-state index in [9.17, 15) is 13.2 Å². The first-order chi connectivity index (χ1) is 10.8. The molecule has 0 saturated heterocycles. The van der Waals surface area contributed by atoms with Gasteiger partial charge in [-0.1, -0.05) is 34.1 Å². The summed E-state index contributed by atoms with van der Waals surface area (Å²) in [7, 11) is -2.65. The van der Waals surface area contributed by atoms with Crippen molar-refractivity contribution in [2.75, 3.05) is 7.11 Å². The number of allylic oxidation sites excluding steroid dienone is 1. The highest BCUT2D eigenvalue weighted by atomic mass is 79.9. The summed E-state index contributed by atoms with van der Waals surface area (Å²) >= 11 is 3.38. The number of halogens is 1. The van der Waals surface area contributed by atoms with Crippen LogP contribution in [-0.4, -0.2) is 21.3 Å². The van der Waals surface area contributed by atoms with Crippen molar-refractivity contribution >= 4 is 37.8 Å². The number of carbonyl (C=O) groups excluding carboxylic acids is 1. The summed E-state index contributed by atoms with van der Waals surface area (Å²) in [5.74, 6) is -0.243. The molecule has 0 radical (unpaired) electrons. The van der Waals surface area contributed by atoms with Gasteiger partial charge in [0.1, 0.15) is 10.6 Å². The summed E-state index contributed by atoms with van der Waals surface area (Å²) < 4.78 is 29.0. The lowest BCUT2D eigenvalue weighted by Gasteiger charge is -2.07. The molecule has 0 aliphatic rings. The molecule has 0 spiro atoms. The Morgan fingerprint density at radius 3 is 2.52 bits per heavy atom. The summed E-state index contributed by atoms with van der Waals surface area (Å²) in [6, 6.07) is 11.5. The van der Waals surface area contributed by atoms with Crippen molar-refractivity contribution in [1.82, 2.24) is 0 Å². The van der Waals surface area contributed by atoms with Gasteiger partial charge in [0.2, 0.25) is 10.0 Å². The smallest absolute Gasteiger partial charge is 0.241 e. The van der Waals surface area contributed by atoms with Crippen LogP contribution >= 0.6 is 15.9 Å². The molecule has 2 N–H and O–H groups in total. The van der Waals surface area contributed by atoms with Gasteiger partial charge in [0, 0.05) is 10.0 Å². The minimum atomic E-state index is -3.98. The molecule has 120 valence electrons. The molecule has 0 fully saturated rings. The van der Waals surface area contributed by atoms with Crippen molar-refractivity contribution in [3.8, 4) is 5.75 Å². The number of primary sulfonamides is 1. The second kappa shape index (κ2) is 7.08. The largest absolute Gasteiger partial charge is 0.495 e. The lowest BCUT2D eigenvalue weighted by molar-refractivity contribution is 0.104. The van der Waals surface area contributed by atoms with Crippen LogP contribution in [0, 0.1) is 0 Å². The molecule has 0 atom stereocenters. The maximum Gasteiger partial charge on any atom is 0.241 e. The zero-order valence-corrected chi connectivity index (χ0v) is 14.6. The molecule has 2 aromatic carbocycles. The molecule has 0 aliphatic carbocycles. The summed E-state index contributed by atoms with van der Waals surface area (Å²) in [4.78, 5) is 12.0. The normalized spacial score (nSPS) is 11.6. The lowest BCUT2D eigenvalue weighted by Crippen LogP contribution is -2.14. The van der Waals surface area contributed by atoms with Gasteiger partial charge in [-0.3, -0.25) is 4.79 Å². The van der Waals surface area contributed by atoms with Crippen LogP contribution in [0.4, 0.5) is 0 Å². The Hall–Kier alpha value is -1.96.